The van der Waals surface area contributed by atoms with E-state index in [1.807, 2.05) is 22.6 Å². The van der Waals surface area contributed by atoms with Gasteiger partial charge in [0.15, 0.2) is 0 Å². The highest BCUT2D eigenvalue weighted by atomic mass is 127. The van der Waals surface area contributed by atoms with E-state index in [0.717, 1.165) is 6.20 Å². The van der Waals surface area contributed by atoms with Crippen LogP contribution in [0.25, 0.3) is 0 Å². The Morgan fingerprint density at radius 2 is 2.35 bits per heavy atom. The molecule has 0 saturated heterocycles. The zero-order valence-corrected chi connectivity index (χ0v) is 11.1. The third-order valence-corrected chi connectivity index (χ3v) is 2.61. The smallest absolute Gasteiger partial charge is 0.325 e. The van der Waals surface area contributed by atoms with Crippen molar-refractivity contribution >= 4 is 39.9 Å². The van der Waals surface area contributed by atoms with Gasteiger partial charge in [-0.3, -0.25) is 19.9 Å². The van der Waals surface area contributed by atoms with E-state index in [9.17, 15) is 14.9 Å². The summed E-state index contributed by atoms with van der Waals surface area (Å²) in [6, 6.07) is 0. The number of rotatable bonds is 5. The fraction of sp³-hybridized carbons (Fsp3) is 0.333. The number of halogens is 1. The lowest BCUT2D eigenvalue weighted by molar-refractivity contribution is -0.384. The molecule has 0 atom stereocenters. The van der Waals surface area contributed by atoms with Crippen LogP contribution in [-0.2, 0) is 9.53 Å². The summed E-state index contributed by atoms with van der Waals surface area (Å²) in [4.78, 5) is 25.1. The lowest BCUT2D eigenvalue weighted by atomic mass is 10.3. The Hall–Kier alpha value is -1.45. The van der Waals surface area contributed by atoms with Gasteiger partial charge < -0.3 is 10.1 Å². The molecule has 0 aliphatic rings. The maximum Gasteiger partial charge on any atom is 0.325 e. The molecule has 0 saturated carbocycles. The van der Waals surface area contributed by atoms with Gasteiger partial charge in [-0.15, -0.1) is 0 Å². The SMILES string of the molecule is CCOC(=O)CNc1c(I)cncc1[N+](=O)[O-]. The molecule has 0 fully saturated rings. The molecule has 0 unspecified atom stereocenters. The number of carbonyl (C=O) groups is 1. The fourth-order valence-electron chi connectivity index (χ4n) is 1.11. The van der Waals surface area contributed by atoms with Gasteiger partial charge in [0, 0.05) is 6.20 Å². The Bertz CT molecular complexity index is 438. The molecule has 1 heterocycles. The lowest BCUT2D eigenvalue weighted by Gasteiger charge is -2.07. The van der Waals surface area contributed by atoms with Crippen LogP contribution < -0.4 is 5.32 Å². The van der Waals surface area contributed by atoms with E-state index >= 15 is 0 Å². The fourth-order valence-corrected chi connectivity index (χ4v) is 1.74. The second-order valence-electron chi connectivity index (χ2n) is 2.93. The number of nitro groups is 1. The summed E-state index contributed by atoms with van der Waals surface area (Å²) < 4.78 is 5.28. The number of carbonyl (C=O) groups excluding carboxylic acids is 1. The molecular formula is C9H10IN3O4. The first kappa shape index (κ1) is 13.6. The molecule has 0 amide bonds. The predicted octanol–water partition coefficient (Wildman–Crippen LogP) is 1.57. The van der Waals surface area contributed by atoms with Gasteiger partial charge in [-0.25, -0.2) is 0 Å². The van der Waals surface area contributed by atoms with Gasteiger partial charge >= 0.3 is 11.7 Å². The van der Waals surface area contributed by atoms with Crippen LogP contribution >= 0.6 is 22.6 Å². The topological polar surface area (TPSA) is 94.4 Å². The van der Waals surface area contributed by atoms with E-state index in [0.29, 0.717) is 3.57 Å². The second-order valence-corrected chi connectivity index (χ2v) is 4.09. The van der Waals surface area contributed by atoms with Crippen molar-refractivity contribution < 1.29 is 14.5 Å². The quantitative estimate of drug-likeness (QED) is 0.375. The minimum Gasteiger partial charge on any atom is -0.465 e. The summed E-state index contributed by atoms with van der Waals surface area (Å²) >= 11 is 1.91. The van der Waals surface area contributed by atoms with Crippen molar-refractivity contribution in [2.24, 2.45) is 0 Å². The van der Waals surface area contributed by atoms with E-state index in [4.69, 9.17) is 4.74 Å². The molecule has 0 radical (unpaired) electrons. The van der Waals surface area contributed by atoms with Crippen molar-refractivity contribution in [2.75, 3.05) is 18.5 Å². The van der Waals surface area contributed by atoms with E-state index in [2.05, 4.69) is 10.3 Å². The molecule has 0 bridgehead atoms. The molecule has 0 aromatic carbocycles. The molecule has 92 valence electrons. The zero-order chi connectivity index (χ0) is 12.8. The molecular weight excluding hydrogens is 341 g/mol. The van der Waals surface area contributed by atoms with Crippen LogP contribution in [0.2, 0.25) is 0 Å². The zero-order valence-electron chi connectivity index (χ0n) is 8.97. The average molecular weight is 351 g/mol. The highest BCUT2D eigenvalue weighted by Crippen LogP contribution is 2.27. The van der Waals surface area contributed by atoms with Crippen LogP contribution in [0.3, 0.4) is 0 Å². The highest BCUT2D eigenvalue weighted by Gasteiger charge is 2.17. The van der Waals surface area contributed by atoms with Crippen LogP contribution in [-0.4, -0.2) is 29.0 Å². The standard InChI is InChI=1S/C9H10IN3O4/c1-2-17-8(14)5-12-9-6(10)3-11-4-7(9)13(15)16/h3-4H,2,5H2,1H3,(H,11,12). The maximum absolute atomic E-state index is 11.1. The van der Waals surface area contributed by atoms with E-state index in [1.54, 1.807) is 6.92 Å². The molecule has 1 N–H and O–H groups in total. The molecule has 0 aliphatic carbocycles. The largest absolute Gasteiger partial charge is 0.465 e. The third-order valence-electron chi connectivity index (χ3n) is 1.79. The van der Waals surface area contributed by atoms with Gasteiger partial charge in [-0.1, -0.05) is 0 Å². The number of nitrogens with one attached hydrogen (secondary N) is 1. The summed E-state index contributed by atoms with van der Waals surface area (Å²) in [5.41, 5.74) is 0.111. The number of hydrogen-bond donors (Lipinski definition) is 1. The summed E-state index contributed by atoms with van der Waals surface area (Å²) in [6.45, 7) is 1.85. The van der Waals surface area contributed by atoms with E-state index < -0.39 is 10.9 Å². The van der Waals surface area contributed by atoms with Crippen LogP contribution in [0.15, 0.2) is 12.4 Å². The van der Waals surface area contributed by atoms with E-state index in [1.165, 1.54) is 6.20 Å². The first-order valence-corrected chi connectivity index (χ1v) is 5.81. The Morgan fingerprint density at radius 3 is 2.94 bits per heavy atom. The molecule has 7 nitrogen and oxygen atoms in total. The van der Waals surface area contributed by atoms with Crippen LogP contribution in [0.4, 0.5) is 11.4 Å². The van der Waals surface area contributed by atoms with Gasteiger partial charge in [0.05, 0.1) is 15.1 Å². The van der Waals surface area contributed by atoms with Crippen LogP contribution in [0.5, 0.6) is 0 Å². The number of pyridine rings is 1. The van der Waals surface area contributed by atoms with E-state index in [-0.39, 0.29) is 24.5 Å². The summed E-state index contributed by atoms with van der Waals surface area (Å²) in [5.74, 6) is -0.464. The van der Waals surface area contributed by atoms with Gasteiger partial charge in [-0.2, -0.15) is 0 Å². The van der Waals surface area contributed by atoms with Crippen LogP contribution in [0, 0.1) is 13.7 Å². The molecule has 1 aromatic rings. The number of nitrogens with zero attached hydrogens (tertiary/aromatic N) is 2. The summed E-state index contributed by atoms with van der Waals surface area (Å²) in [5, 5.41) is 13.4. The molecule has 8 heteroatoms. The molecule has 1 aromatic heterocycles. The van der Waals surface area contributed by atoms with Crippen molar-refractivity contribution in [3.63, 3.8) is 0 Å². The number of anilines is 1. The van der Waals surface area contributed by atoms with Crippen molar-refractivity contribution in [3.05, 3.63) is 26.1 Å². The maximum atomic E-state index is 11.1. The summed E-state index contributed by atoms with van der Waals surface area (Å²) in [6.07, 6.45) is 2.61. The Kier molecular flexibility index (Phi) is 5.07. The number of hydrogen-bond acceptors (Lipinski definition) is 6. The summed E-state index contributed by atoms with van der Waals surface area (Å²) in [7, 11) is 0. The average Bonchev–Trinajstić information content (AvgIpc) is 2.27. The molecule has 0 spiro atoms. The second kappa shape index (κ2) is 6.33. The predicted molar refractivity (Wildman–Crippen MR) is 68.7 cm³/mol. The molecule has 17 heavy (non-hydrogen) atoms. The van der Waals surface area contributed by atoms with Crippen molar-refractivity contribution in [3.8, 4) is 0 Å². The normalized spacial score (nSPS) is 9.76. The Balaban J connectivity index is 2.82. The number of esters is 1. The van der Waals surface area contributed by atoms with Crippen molar-refractivity contribution in [2.45, 2.75) is 6.92 Å². The minimum absolute atomic E-state index is 0.116. The molecule has 1 rings (SSSR count). The first-order valence-electron chi connectivity index (χ1n) is 4.73. The van der Waals surface area contributed by atoms with Gasteiger partial charge in [0.2, 0.25) is 0 Å². The Morgan fingerprint density at radius 1 is 1.65 bits per heavy atom. The Labute approximate surface area is 111 Å². The van der Waals surface area contributed by atoms with Gasteiger partial charge in [0.25, 0.3) is 0 Å². The third kappa shape index (κ3) is 3.80. The lowest BCUT2D eigenvalue weighted by Crippen LogP contribution is -2.18. The van der Waals surface area contributed by atoms with Gasteiger partial charge in [0.1, 0.15) is 18.4 Å². The molecule has 0 aliphatic heterocycles. The van der Waals surface area contributed by atoms with Crippen LogP contribution in [0.1, 0.15) is 6.92 Å². The first-order chi connectivity index (χ1) is 8.06. The number of ether oxygens (including phenoxy) is 1. The van der Waals surface area contributed by atoms with Gasteiger partial charge in [-0.05, 0) is 29.5 Å². The van der Waals surface area contributed by atoms with Crippen molar-refractivity contribution in [1.29, 1.82) is 0 Å². The van der Waals surface area contributed by atoms with Crippen molar-refractivity contribution in [1.82, 2.24) is 4.98 Å². The monoisotopic (exact) mass is 351 g/mol. The highest BCUT2D eigenvalue weighted by molar-refractivity contribution is 14.1. The minimum atomic E-state index is -0.553. The number of aromatic nitrogens is 1.